The summed E-state index contributed by atoms with van der Waals surface area (Å²) in [6.07, 6.45) is 7.48. The van der Waals surface area contributed by atoms with Crippen molar-refractivity contribution in [1.29, 1.82) is 0 Å². The van der Waals surface area contributed by atoms with Gasteiger partial charge in [-0.15, -0.1) is 0 Å². The number of ether oxygens (including phenoxy) is 1. The van der Waals surface area contributed by atoms with Gasteiger partial charge in [0.1, 0.15) is 0 Å². The van der Waals surface area contributed by atoms with E-state index in [1.807, 2.05) is 0 Å². The second-order valence-corrected chi connectivity index (χ2v) is 6.44. The molecule has 1 aromatic rings. The number of aromatic nitrogens is 1. The quantitative estimate of drug-likeness (QED) is 0.809. The second kappa shape index (κ2) is 7.61. The number of hydrogen-bond acceptors (Lipinski definition) is 5. The fourth-order valence-electron chi connectivity index (χ4n) is 3.52. The highest BCUT2D eigenvalue weighted by molar-refractivity contribution is 6.39. The smallest absolute Gasteiger partial charge is 0.313 e. The first kappa shape index (κ1) is 16.7. The first-order chi connectivity index (χ1) is 11.7. The molecule has 2 fully saturated rings. The number of hydrogen-bond donors (Lipinski definition) is 2. The molecule has 7 nitrogen and oxygen atoms in total. The van der Waals surface area contributed by atoms with Crippen LogP contribution in [0.3, 0.4) is 0 Å². The van der Waals surface area contributed by atoms with Crippen LogP contribution in [0.4, 0.5) is 5.69 Å². The van der Waals surface area contributed by atoms with Crippen molar-refractivity contribution in [3.63, 3.8) is 0 Å². The van der Waals surface area contributed by atoms with E-state index < -0.39 is 11.8 Å². The lowest BCUT2D eigenvalue weighted by atomic mass is 10.2. The maximum absolute atomic E-state index is 12.1. The average Bonchev–Trinajstić information content (AvgIpc) is 3.26. The molecule has 2 amide bonds. The van der Waals surface area contributed by atoms with Gasteiger partial charge in [-0.3, -0.25) is 14.5 Å². The molecule has 1 aromatic heterocycles. The van der Waals surface area contributed by atoms with E-state index in [0.717, 1.165) is 19.5 Å². The van der Waals surface area contributed by atoms with Crippen molar-refractivity contribution in [2.75, 3.05) is 25.5 Å². The Morgan fingerprint density at radius 1 is 1.21 bits per heavy atom. The van der Waals surface area contributed by atoms with Crippen LogP contribution in [0, 0.1) is 0 Å². The zero-order chi connectivity index (χ0) is 16.9. The molecule has 1 atom stereocenters. The molecule has 3 rings (SSSR count). The normalized spacial score (nSPS) is 21.6. The molecule has 2 aliphatic rings. The van der Waals surface area contributed by atoms with Gasteiger partial charge in [0.2, 0.25) is 5.88 Å². The molecule has 7 heteroatoms. The van der Waals surface area contributed by atoms with Gasteiger partial charge in [0.05, 0.1) is 19.0 Å². The highest BCUT2D eigenvalue weighted by Gasteiger charge is 2.31. The van der Waals surface area contributed by atoms with E-state index >= 15 is 0 Å². The van der Waals surface area contributed by atoms with Gasteiger partial charge in [0.15, 0.2) is 0 Å². The van der Waals surface area contributed by atoms with Gasteiger partial charge in [0.25, 0.3) is 0 Å². The summed E-state index contributed by atoms with van der Waals surface area (Å²) in [5, 5.41) is 5.39. The number of carbonyl (C=O) groups excluding carboxylic acids is 2. The van der Waals surface area contributed by atoms with E-state index in [1.165, 1.54) is 39.0 Å². The van der Waals surface area contributed by atoms with E-state index in [2.05, 4.69) is 20.5 Å². The van der Waals surface area contributed by atoms with Crippen LogP contribution in [0.25, 0.3) is 0 Å². The maximum Gasteiger partial charge on any atom is 0.313 e. The van der Waals surface area contributed by atoms with Gasteiger partial charge in [-0.1, -0.05) is 12.8 Å². The molecule has 130 valence electrons. The predicted octanol–water partition coefficient (Wildman–Crippen LogP) is 1.16. The minimum Gasteiger partial charge on any atom is -0.481 e. The zero-order valence-electron chi connectivity index (χ0n) is 14.0. The van der Waals surface area contributed by atoms with Crippen LogP contribution in [0.15, 0.2) is 18.3 Å². The fourth-order valence-corrected chi connectivity index (χ4v) is 3.52. The van der Waals surface area contributed by atoms with Crippen molar-refractivity contribution in [3.05, 3.63) is 18.3 Å². The van der Waals surface area contributed by atoms with Crippen molar-refractivity contribution in [2.45, 2.75) is 44.2 Å². The lowest BCUT2D eigenvalue weighted by Gasteiger charge is -2.23. The van der Waals surface area contributed by atoms with Gasteiger partial charge < -0.3 is 15.4 Å². The SMILES string of the molecule is COc1ccc(NC(=O)C(=O)NC2CCN(C3CCCC3)C2)cn1. The fraction of sp³-hybridized carbons (Fsp3) is 0.588. The Morgan fingerprint density at radius 2 is 2.00 bits per heavy atom. The number of methoxy groups -OCH3 is 1. The molecule has 1 saturated heterocycles. The Balaban J connectivity index is 1.46. The molecular formula is C17H24N4O3. The van der Waals surface area contributed by atoms with Crippen molar-refractivity contribution < 1.29 is 14.3 Å². The summed E-state index contributed by atoms with van der Waals surface area (Å²) in [6.45, 7) is 1.84. The molecule has 1 aliphatic carbocycles. The summed E-state index contributed by atoms with van der Waals surface area (Å²) < 4.78 is 4.95. The van der Waals surface area contributed by atoms with E-state index in [-0.39, 0.29) is 6.04 Å². The van der Waals surface area contributed by atoms with Crippen LogP contribution >= 0.6 is 0 Å². The van der Waals surface area contributed by atoms with Crippen molar-refractivity contribution in [2.24, 2.45) is 0 Å². The molecule has 0 bridgehead atoms. The summed E-state index contributed by atoms with van der Waals surface area (Å²) >= 11 is 0. The summed E-state index contributed by atoms with van der Waals surface area (Å²) in [6, 6.07) is 3.99. The monoisotopic (exact) mass is 332 g/mol. The number of nitrogens with zero attached hydrogens (tertiary/aromatic N) is 2. The average molecular weight is 332 g/mol. The van der Waals surface area contributed by atoms with Crippen LogP contribution in [0.5, 0.6) is 5.88 Å². The minimum atomic E-state index is -0.665. The van der Waals surface area contributed by atoms with Crippen LogP contribution in [-0.4, -0.2) is 54.0 Å². The van der Waals surface area contributed by atoms with Crippen molar-refractivity contribution >= 4 is 17.5 Å². The lowest BCUT2D eigenvalue weighted by molar-refractivity contribution is -0.136. The van der Waals surface area contributed by atoms with Crippen LogP contribution in [-0.2, 0) is 9.59 Å². The molecule has 2 N–H and O–H groups in total. The first-order valence-corrected chi connectivity index (χ1v) is 8.51. The number of nitrogens with one attached hydrogen (secondary N) is 2. The molecule has 1 unspecified atom stereocenters. The van der Waals surface area contributed by atoms with Crippen LogP contribution < -0.4 is 15.4 Å². The van der Waals surface area contributed by atoms with E-state index in [1.54, 1.807) is 12.1 Å². The van der Waals surface area contributed by atoms with E-state index in [9.17, 15) is 9.59 Å². The highest BCUT2D eigenvalue weighted by atomic mass is 16.5. The molecule has 1 saturated carbocycles. The molecule has 2 heterocycles. The molecule has 24 heavy (non-hydrogen) atoms. The molecule has 0 radical (unpaired) electrons. The second-order valence-electron chi connectivity index (χ2n) is 6.44. The Morgan fingerprint density at radius 3 is 2.67 bits per heavy atom. The van der Waals surface area contributed by atoms with Gasteiger partial charge in [0, 0.05) is 31.2 Å². The number of anilines is 1. The molecule has 0 spiro atoms. The number of rotatable bonds is 4. The first-order valence-electron chi connectivity index (χ1n) is 8.51. The summed E-state index contributed by atoms with van der Waals surface area (Å²) in [5.74, 6) is -0.805. The molecule has 1 aliphatic heterocycles. The Hall–Kier alpha value is -2.15. The third-order valence-electron chi connectivity index (χ3n) is 4.81. The summed E-state index contributed by atoms with van der Waals surface area (Å²) in [4.78, 5) is 30.5. The van der Waals surface area contributed by atoms with Crippen molar-refractivity contribution in [3.8, 4) is 5.88 Å². The number of carbonyl (C=O) groups is 2. The van der Waals surface area contributed by atoms with Crippen LogP contribution in [0.1, 0.15) is 32.1 Å². The standard InChI is InChI=1S/C17H24N4O3/c1-24-15-7-6-12(10-18-15)19-16(22)17(23)20-13-8-9-21(11-13)14-4-2-3-5-14/h6-7,10,13-14H,2-5,8-9,11H2,1H3,(H,19,22)(H,20,23). The third-order valence-corrected chi connectivity index (χ3v) is 4.81. The highest BCUT2D eigenvalue weighted by Crippen LogP contribution is 2.26. The van der Waals surface area contributed by atoms with Gasteiger partial charge in [-0.05, 0) is 25.3 Å². The number of amides is 2. The van der Waals surface area contributed by atoms with Gasteiger partial charge >= 0.3 is 11.8 Å². The third kappa shape index (κ3) is 4.03. The lowest BCUT2D eigenvalue weighted by Crippen LogP contribution is -2.43. The summed E-state index contributed by atoms with van der Waals surface area (Å²) in [5.41, 5.74) is 0.468. The van der Waals surface area contributed by atoms with Crippen LogP contribution in [0.2, 0.25) is 0 Å². The summed E-state index contributed by atoms with van der Waals surface area (Å²) in [7, 11) is 1.52. The zero-order valence-corrected chi connectivity index (χ0v) is 14.0. The number of pyridine rings is 1. The van der Waals surface area contributed by atoms with E-state index in [4.69, 9.17) is 4.74 Å². The largest absolute Gasteiger partial charge is 0.481 e. The maximum atomic E-state index is 12.1. The predicted molar refractivity (Wildman–Crippen MR) is 89.8 cm³/mol. The Bertz CT molecular complexity index is 584. The van der Waals surface area contributed by atoms with E-state index in [0.29, 0.717) is 17.6 Å². The molecule has 0 aromatic carbocycles. The topological polar surface area (TPSA) is 83.6 Å². The van der Waals surface area contributed by atoms with Gasteiger partial charge in [-0.2, -0.15) is 0 Å². The number of likely N-dealkylation sites (tertiary alicyclic amines) is 1. The van der Waals surface area contributed by atoms with Crippen molar-refractivity contribution in [1.82, 2.24) is 15.2 Å². The Kier molecular flexibility index (Phi) is 5.30. The minimum absolute atomic E-state index is 0.0536. The molecular weight excluding hydrogens is 308 g/mol. The Labute approximate surface area is 141 Å². The van der Waals surface area contributed by atoms with Gasteiger partial charge in [-0.25, -0.2) is 4.98 Å².